The van der Waals surface area contributed by atoms with Crippen LogP contribution >= 0.6 is 15.9 Å². The molecule has 1 aromatic carbocycles. The minimum Gasteiger partial charge on any atom is -0.496 e. The Hall–Kier alpha value is -2.02. The average Bonchev–Trinajstić information content (AvgIpc) is 2.97. The summed E-state index contributed by atoms with van der Waals surface area (Å²) in [6.45, 7) is 2.00. The monoisotopic (exact) mass is 355 g/mol. The third-order valence-corrected chi connectivity index (χ3v) is 3.35. The molecule has 0 amide bonds. The highest BCUT2D eigenvalue weighted by Crippen LogP contribution is 2.38. The minimum atomic E-state index is -0.529. The van der Waals surface area contributed by atoms with E-state index in [9.17, 15) is 4.79 Å². The van der Waals surface area contributed by atoms with E-state index in [0.29, 0.717) is 22.8 Å². The number of carbonyl (C=O) groups excluding carboxylic acids is 1. The number of aromatic nitrogens is 1. The summed E-state index contributed by atoms with van der Waals surface area (Å²) >= 11 is 3.39. The third kappa shape index (κ3) is 3.18. The first-order chi connectivity index (χ1) is 10.1. The van der Waals surface area contributed by atoms with E-state index < -0.39 is 5.97 Å². The Kier molecular flexibility index (Phi) is 4.85. The van der Waals surface area contributed by atoms with Crippen molar-refractivity contribution in [1.29, 1.82) is 0 Å². The van der Waals surface area contributed by atoms with E-state index in [2.05, 4.69) is 21.1 Å². The molecule has 0 unspecified atom stereocenters. The highest BCUT2D eigenvalue weighted by molar-refractivity contribution is 9.10. The van der Waals surface area contributed by atoms with Gasteiger partial charge in [0.1, 0.15) is 11.5 Å². The summed E-state index contributed by atoms with van der Waals surface area (Å²) in [4.78, 5) is 11.6. The largest absolute Gasteiger partial charge is 0.496 e. The van der Waals surface area contributed by atoms with Crippen molar-refractivity contribution in [2.75, 3.05) is 20.8 Å². The molecule has 0 aliphatic rings. The van der Waals surface area contributed by atoms with Crippen LogP contribution < -0.4 is 9.47 Å². The molecule has 0 aliphatic carbocycles. The smallest absolute Gasteiger partial charge is 0.360 e. The second-order valence-electron chi connectivity index (χ2n) is 3.98. The fourth-order valence-electron chi connectivity index (χ4n) is 1.76. The summed E-state index contributed by atoms with van der Waals surface area (Å²) in [5.41, 5.74) is 0.758. The standard InChI is InChI=1S/C14H14BrNO5/c1-4-20-14(17)10-6-12(21-16-10)8-5-9(15)13(19-3)7-11(8)18-2/h5-7H,4H2,1-3H3. The summed E-state index contributed by atoms with van der Waals surface area (Å²) in [5, 5.41) is 3.71. The van der Waals surface area contributed by atoms with Gasteiger partial charge in [-0.1, -0.05) is 5.16 Å². The van der Waals surface area contributed by atoms with Gasteiger partial charge in [-0.05, 0) is 28.9 Å². The number of hydrogen-bond acceptors (Lipinski definition) is 6. The van der Waals surface area contributed by atoms with Crippen molar-refractivity contribution in [3.8, 4) is 22.8 Å². The first-order valence-corrected chi connectivity index (χ1v) is 6.95. The van der Waals surface area contributed by atoms with E-state index in [1.165, 1.54) is 13.2 Å². The van der Waals surface area contributed by atoms with Crippen LogP contribution in [0, 0.1) is 0 Å². The summed E-state index contributed by atoms with van der Waals surface area (Å²) in [6, 6.07) is 4.99. The number of carbonyl (C=O) groups is 1. The highest BCUT2D eigenvalue weighted by atomic mass is 79.9. The highest BCUT2D eigenvalue weighted by Gasteiger charge is 2.19. The molecule has 21 heavy (non-hydrogen) atoms. The van der Waals surface area contributed by atoms with Crippen LogP contribution in [-0.4, -0.2) is 32.0 Å². The Morgan fingerprint density at radius 2 is 1.95 bits per heavy atom. The van der Waals surface area contributed by atoms with Crippen LogP contribution in [0.2, 0.25) is 0 Å². The van der Waals surface area contributed by atoms with Crippen LogP contribution in [0.25, 0.3) is 11.3 Å². The van der Waals surface area contributed by atoms with Crippen LogP contribution in [0.5, 0.6) is 11.5 Å². The van der Waals surface area contributed by atoms with Crippen LogP contribution in [0.3, 0.4) is 0 Å². The van der Waals surface area contributed by atoms with Gasteiger partial charge in [0.05, 0.1) is 30.9 Å². The molecule has 0 aliphatic heterocycles. The zero-order valence-electron chi connectivity index (χ0n) is 11.8. The first-order valence-electron chi connectivity index (χ1n) is 6.16. The Morgan fingerprint density at radius 3 is 2.57 bits per heavy atom. The summed E-state index contributed by atoms with van der Waals surface area (Å²) in [7, 11) is 3.10. The number of hydrogen-bond donors (Lipinski definition) is 0. The molecule has 6 nitrogen and oxygen atoms in total. The van der Waals surface area contributed by atoms with E-state index in [1.807, 2.05) is 0 Å². The molecular formula is C14H14BrNO5. The van der Waals surface area contributed by atoms with Crippen molar-refractivity contribution in [3.05, 3.63) is 28.4 Å². The molecule has 0 bridgehead atoms. The van der Waals surface area contributed by atoms with Crippen molar-refractivity contribution >= 4 is 21.9 Å². The number of nitrogens with zero attached hydrogens (tertiary/aromatic N) is 1. The molecule has 0 N–H and O–H groups in total. The van der Waals surface area contributed by atoms with E-state index in [4.69, 9.17) is 18.7 Å². The van der Waals surface area contributed by atoms with Crippen LogP contribution in [0.1, 0.15) is 17.4 Å². The third-order valence-electron chi connectivity index (χ3n) is 2.73. The molecular weight excluding hydrogens is 342 g/mol. The maximum atomic E-state index is 11.6. The second-order valence-corrected chi connectivity index (χ2v) is 4.84. The lowest BCUT2D eigenvalue weighted by atomic mass is 10.1. The number of halogens is 1. The van der Waals surface area contributed by atoms with E-state index in [0.717, 1.165) is 4.47 Å². The summed E-state index contributed by atoms with van der Waals surface area (Å²) < 4.78 is 21.3. The average molecular weight is 356 g/mol. The molecule has 7 heteroatoms. The van der Waals surface area contributed by atoms with Crippen molar-refractivity contribution < 1.29 is 23.5 Å². The van der Waals surface area contributed by atoms with Crippen molar-refractivity contribution in [2.24, 2.45) is 0 Å². The van der Waals surface area contributed by atoms with Gasteiger partial charge in [0, 0.05) is 12.1 Å². The number of benzene rings is 1. The zero-order chi connectivity index (χ0) is 15.4. The molecule has 112 valence electrons. The zero-order valence-corrected chi connectivity index (χ0v) is 13.4. The van der Waals surface area contributed by atoms with Crippen LogP contribution in [0.15, 0.2) is 27.2 Å². The summed E-state index contributed by atoms with van der Waals surface area (Å²) in [5.74, 6) is 1.04. The van der Waals surface area contributed by atoms with Gasteiger partial charge in [-0.2, -0.15) is 0 Å². The number of rotatable bonds is 5. The van der Waals surface area contributed by atoms with Crippen molar-refractivity contribution in [2.45, 2.75) is 6.92 Å². The quantitative estimate of drug-likeness (QED) is 0.766. The van der Waals surface area contributed by atoms with Gasteiger partial charge >= 0.3 is 5.97 Å². The lowest BCUT2D eigenvalue weighted by Crippen LogP contribution is -2.04. The summed E-state index contributed by atoms with van der Waals surface area (Å²) in [6.07, 6.45) is 0. The van der Waals surface area contributed by atoms with Gasteiger partial charge in [0.2, 0.25) is 0 Å². The van der Waals surface area contributed by atoms with Crippen LogP contribution in [-0.2, 0) is 4.74 Å². The number of ether oxygens (including phenoxy) is 3. The van der Waals surface area contributed by atoms with Crippen molar-refractivity contribution in [1.82, 2.24) is 5.16 Å². The molecule has 0 spiro atoms. The maximum Gasteiger partial charge on any atom is 0.360 e. The first kappa shape index (κ1) is 15.4. The van der Waals surface area contributed by atoms with Gasteiger partial charge < -0.3 is 18.7 Å². The predicted molar refractivity (Wildman–Crippen MR) is 78.7 cm³/mol. The Morgan fingerprint density at radius 1 is 1.24 bits per heavy atom. The number of methoxy groups -OCH3 is 2. The fourth-order valence-corrected chi connectivity index (χ4v) is 2.26. The minimum absolute atomic E-state index is 0.112. The van der Waals surface area contributed by atoms with Gasteiger partial charge in [0.25, 0.3) is 0 Å². The lowest BCUT2D eigenvalue weighted by Gasteiger charge is -2.10. The van der Waals surface area contributed by atoms with Crippen LogP contribution in [0.4, 0.5) is 0 Å². The normalized spacial score (nSPS) is 10.3. The SMILES string of the molecule is CCOC(=O)c1cc(-c2cc(Br)c(OC)cc2OC)on1. The molecule has 1 aromatic heterocycles. The topological polar surface area (TPSA) is 70.8 Å². The second kappa shape index (κ2) is 6.62. The molecule has 0 radical (unpaired) electrons. The molecule has 2 rings (SSSR count). The molecule has 0 saturated carbocycles. The molecule has 0 atom stereocenters. The molecule has 0 saturated heterocycles. The number of esters is 1. The van der Waals surface area contributed by atoms with E-state index >= 15 is 0 Å². The van der Waals surface area contributed by atoms with Gasteiger partial charge in [-0.15, -0.1) is 0 Å². The Bertz CT molecular complexity index is 653. The maximum absolute atomic E-state index is 11.6. The van der Waals surface area contributed by atoms with Gasteiger partial charge in [-0.3, -0.25) is 0 Å². The van der Waals surface area contributed by atoms with Gasteiger partial charge in [-0.25, -0.2) is 4.79 Å². The lowest BCUT2D eigenvalue weighted by molar-refractivity contribution is 0.0514. The Balaban J connectivity index is 2.42. The fraction of sp³-hybridized carbons (Fsp3) is 0.286. The van der Waals surface area contributed by atoms with Crippen molar-refractivity contribution in [3.63, 3.8) is 0 Å². The van der Waals surface area contributed by atoms with Gasteiger partial charge in [0.15, 0.2) is 11.5 Å². The van der Waals surface area contributed by atoms with E-state index in [-0.39, 0.29) is 12.3 Å². The Labute approximate surface area is 130 Å². The molecule has 2 aromatic rings. The predicted octanol–water partition coefficient (Wildman–Crippen LogP) is 3.30. The molecule has 0 fully saturated rings. The molecule has 1 heterocycles. The van der Waals surface area contributed by atoms with E-state index in [1.54, 1.807) is 26.2 Å².